The highest BCUT2D eigenvalue weighted by Gasteiger charge is 2.43. The molecule has 1 atom stereocenters. The number of hydrogen-bond acceptors (Lipinski definition) is 7. The van der Waals surface area contributed by atoms with Gasteiger partial charge < -0.3 is 5.73 Å². The first-order valence-corrected chi connectivity index (χ1v) is 12.9. The van der Waals surface area contributed by atoms with Gasteiger partial charge in [0.2, 0.25) is 17.0 Å². The number of nitrogen functional groups attached to an aromatic ring is 1. The van der Waals surface area contributed by atoms with E-state index in [2.05, 4.69) is 21.1 Å². The van der Waals surface area contributed by atoms with Crippen molar-refractivity contribution in [1.29, 1.82) is 0 Å². The zero-order valence-electron chi connectivity index (χ0n) is 18.6. The Kier molecular flexibility index (Phi) is 4.89. The van der Waals surface area contributed by atoms with Crippen molar-refractivity contribution in [3.8, 4) is 22.4 Å². The first kappa shape index (κ1) is 20.6. The van der Waals surface area contributed by atoms with Crippen LogP contribution in [0.4, 0.5) is 5.69 Å². The molecule has 1 unspecified atom stereocenters. The Morgan fingerprint density at radius 3 is 2.76 bits per heavy atom. The lowest BCUT2D eigenvalue weighted by Crippen LogP contribution is -2.29. The van der Waals surface area contributed by atoms with Crippen LogP contribution in [-0.4, -0.2) is 41.5 Å². The van der Waals surface area contributed by atoms with E-state index < -0.39 is 0 Å². The Labute approximate surface area is 198 Å². The fourth-order valence-electron chi connectivity index (χ4n) is 4.37. The first-order chi connectivity index (χ1) is 16.0. The Morgan fingerprint density at radius 2 is 2.06 bits per heavy atom. The number of hydrogen-bond donors (Lipinski definition) is 1. The van der Waals surface area contributed by atoms with Crippen molar-refractivity contribution in [1.82, 2.24) is 29.1 Å². The van der Waals surface area contributed by atoms with Gasteiger partial charge in [-0.25, -0.2) is 15.0 Å². The monoisotopic (exact) mass is 478 g/mol. The van der Waals surface area contributed by atoms with Crippen LogP contribution in [-0.2, 0) is 22.4 Å². The summed E-state index contributed by atoms with van der Waals surface area (Å²) in [5.41, 5.74) is 12.4. The van der Waals surface area contributed by atoms with Crippen molar-refractivity contribution >= 4 is 44.2 Å². The standard InChI is InChI=1S/C23H24N7OS2/c1-13-17(12-29(2)28-13)16-9-18(14-10-26-23-25-7-8-30(23)11-14)27-21-19(16)20(24)22(32-21)33(31-3)15-5-4-6-15/h7-12,15H,4-6,24H2,1-3H3/q+1. The van der Waals surface area contributed by atoms with Gasteiger partial charge >= 0.3 is 0 Å². The number of fused-ring (bicyclic) bond motifs is 2. The quantitative estimate of drug-likeness (QED) is 0.377. The molecule has 5 heterocycles. The van der Waals surface area contributed by atoms with Gasteiger partial charge in [0.1, 0.15) is 10.5 Å². The third kappa shape index (κ3) is 3.32. The fraction of sp³-hybridized carbons (Fsp3) is 0.304. The number of thiophene rings is 1. The molecule has 1 aliphatic carbocycles. The van der Waals surface area contributed by atoms with Crippen LogP contribution < -0.4 is 5.73 Å². The maximum absolute atomic E-state index is 6.82. The predicted molar refractivity (Wildman–Crippen MR) is 133 cm³/mol. The SMILES string of the molecule is CO[S+](c1sc2nc(-c3cnc4nccn4c3)cc(-c3cn(C)nc3C)c2c1N)C1CCC1. The molecule has 1 saturated carbocycles. The summed E-state index contributed by atoms with van der Waals surface area (Å²) in [6.45, 7) is 2.03. The molecule has 1 fully saturated rings. The molecule has 5 aromatic rings. The lowest BCUT2D eigenvalue weighted by atomic mass is 10.00. The average Bonchev–Trinajstić information content (AvgIpc) is 3.46. The van der Waals surface area contributed by atoms with Gasteiger partial charge in [-0.1, -0.05) is 11.3 Å². The van der Waals surface area contributed by atoms with Crippen LogP contribution in [0.2, 0.25) is 0 Å². The third-order valence-corrected chi connectivity index (χ3v) is 9.89. The van der Waals surface area contributed by atoms with Crippen molar-refractivity contribution in [3.05, 3.63) is 42.7 Å². The number of pyridine rings is 1. The molecule has 6 rings (SSSR count). The summed E-state index contributed by atoms with van der Waals surface area (Å²) in [6, 6.07) is 2.10. The Morgan fingerprint density at radius 1 is 1.21 bits per heavy atom. The number of anilines is 1. The zero-order valence-corrected chi connectivity index (χ0v) is 20.3. The highest BCUT2D eigenvalue weighted by molar-refractivity contribution is 7.95. The minimum atomic E-state index is -0.318. The van der Waals surface area contributed by atoms with Gasteiger partial charge in [-0.15, -0.1) is 0 Å². The lowest BCUT2D eigenvalue weighted by molar-refractivity contribution is 0.429. The number of aromatic nitrogens is 6. The molecule has 0 amide bonds. The molecule has 1 aliphatic rings. The summed E-state index contributed by atoms with van der Waals surface area (Å²) in [4.78, 5) is 14.7. The molecule has 33 heavy (non-hydrogen) atoms. The zero-order chi connectivity index (χ0) is 22.7. The van der Waals surface area contributed by atoms with E-state index in [0.717, 1.165) is 48.2 Å². The van der Waals surface area contributed by atoms with E-state index in [1.807, 2.05) is 47.8 Å². The summed E-state index contributed by atoms with van der Waals surface area (Å²) < 4.78 is 10.8. The summed E-state index contributed by atoms with van der Waals surface area (Å²) in [5, 5.41) is 6.11. The van der Waals surface area contributed by atoms with E-state index >= 15 is 0 Å². The molecule has 0 bridgehead atoms. The van der Waals surface area contributed by atoms with Crippen molar-refractivity contribution < 1.29 is 4.18 Å². The van der Waals surface area contributed by atoms with Crippen molar-refractivity contribution in [2.24, 2.45) is 7.05 Å². The molecule has 0 aliphatic heterocycles. The van der Waals surface area contributed by atoms with Crippen LogP contribution in [0.3, 0.4) is 0 Å². The van der Waals surface area contributed by atoms with E-state index in [0.29, 0.717) is 11.0 Å². The normalized spacial score (nSPS) is 15.4. The average molecular weight is 479 g/mol. The summed E-state index contributed by atoms with van der Waals surface area (Å²) >= 11 is 1.34. The largest absolute Gasteiger partial charge is 0.393 e. The Hall–Kier alpha value is -2.95. The number of nitrogens with zero attached hydrogens (tertiary/aromatic N) is 6. The lowest BCUT2D eigenvalue weighted by Gasteiger charge is -2.22. The second-order valence-electron chi connectivity index (χ2n) is 8.33. The summed E-state index contributed by atoms with van der Waals surface area (Å²) in [6.07, 6.45) is 13.1. The molecular formula is C23H24N7OS2+. The summed E-state index contributed by atoms with van der Waals surface area (Å²) in [7, 11) is 3.73. The molecule has 10 heteroatoms. The van der Waals surface area contributed by atoms with Crippen LogP contribution in [0.15, 0.2) is 41.3 Å². The maximum atomic E-state index is 6.82. The maximum Gasteiger partial charge on any atom is 0.269 e. The molecule has 0 radical (unpaired) electrons. The van der Waals surface area contributed by atoms with Crippen molar-refractivity contribution in [2.45, 2.75) is 35.6 Å². The topological polar surface area (TPSA) is 96.1 Å². The van der Waals surface area contributed by atoms with E-state index in [-0.39, 0.29) is 11.2 Å². The highest BCUT2D eigenvalue weighted by Crippen LogP contribution is 2.47. The molecule has 0 saturated heterocycles. The Bertz CT molecular complexity index is 1500. The van der Waals surface area contributed by atoms with Gasteiger partial charge in [0.15, 0.2) is 5.25 Å². The van der Waals surface area contributed by atoms with E-state index in [1.165, 1.54) is 19.3 Å². The minimum absolute atomic E-state index is 0.318. The predicted octanol–water partition coefficient (Wildman–Crippen LogP) is 4.39. The minimum Gasteiger partial charge on any atom is -0.393 e. The third-order valence-electron chi connectivity index (χ3n) is 6.23. The molecule has 2 N–H and O–H groups in total. The van der Waals surface area contributed by atoms with Crippen LogP contribution in [0, 0.1) is 6.92 Å². The van der Waals surface area contributed by atoms with Crippen molar-refractivity contribution in [2.75, 3.05) is 12.8 Å². The molecule has 5 aromatic heterocycles. The smallest absolute Gasteiger partial charge is 0.269 e. The number of nitrogens with two attached hydrogens (primary N) is 1. The summed E-state index contributed by atoms with van der Waals surface area (Å²) in [5.74, 6) is 0.662. The van der Waals surface area contributed by atoms with Gasteiger partial charge in [0.25, 0.3) is 4.21 Å². The molecular weight excluding hydrogens is 454 g/mol. The number of rotatable bonds is 5. The number of aryl methyl sites for hydroxylation is 2. The van der Waals surface area contributed by atoms with Gasteiger partial charge in [-0.2, -0.15) is 9.28 Å². The molecule has 168 valence electrons. The molecule has 8 nitrogen and oxygen atoms in total. The van der Waals surface area contributed by atoms with Gasteiger partial charge in [-0.05, 0) is 37.8 Å². The van der Waals surface area contributed by atoms with E-state index in [1.54, 1.807) is 24.6 Å². The van der Waals surface area contributed by atoms with Crippen molar-refractivity contribution in [3.63, 3.8) is 0 Å². The number of imidazole rings is 1. The molecule has 0 aromatic carbocycles. The fourth-order valence-corrected chi connectivity index (χ4v) is 8.21. The first-order valence-electron chi connectivity index (χ1n) is 10.8. The van der Waals surface area contributed by atoms with Crippen LogP contribution in [0.25, 0.3) is 38.4 Å². The van der Waals surface area contributed by atoms with E-state index in [4.69, 9.17) is 14.9 Å². The Balaban J connectivity index is 1.60. The van der Waals surface area contributed by atoms with Crippen LogP contribution in [0.5, 0.6) is 0 Å². The highest BCUT2D eigenvalue weighted by atomic mass is 32.2. The second kappa shape index (κ2) is 7.82. The van der Waals surface area contributed by atoms with Crippen LogP contribution in [0.1, 0.15) is 25.0 Å². The van der Waals surface area contributed by atoms with Gasteiger partial charge in [0, 0.05) is 54.5 Å². The second-order valence-corrected chi connectivity index (χ2v) is 11.6. The van der Waals surface area contributed by atoms with Gasteiger partial charge in [-0.3, -0.25) is 9.08 Å². The molecule has 0 spiro atoms. The van der Waals surface area contributed by atoms with Gasteiger partial charge in [0.05, 0.1) is 18.5 Å². The van der Waals surface area contributed by atoms with E-state index in [9.17, 15) is 0 Å². The van der Waals surface area contributed by atoms with Crippen LogP contribution >= 0.6 is 11.3 Å².